The number of halogens is 1. The molecule has 4 rings (SSSR count). The Kier molecular flexibility index (Phi) is 4.12. The molecule has 0 radical (unpaired) electrons. The number of thioether (sulfide) groups is 1. The predicted molar refractivity (Wildman–Crippen MR) is 92.5 cm³/mol. The van der Waals surface area contributed by atoms with E-state index in [4.69, 9.17) is 0 Å². The van der Waals surface area contributed by atoms with Crippen molar-refractivity contribution >= 4 is 28.7 Å². The van der Waals surface area contributed by atoms with Crippen LogP contribution in [0, 0.1) is 5.82 Å². The maximum absolute atomic E-state index is 13.3. The first-order chi connectivity index (χ1) is 12.1. The Labute approximate surface area is 147 Å². The molecule has 1 saturated carbocycles. The van der Waals surface area contributed by atoms with Crippen molar-refractivity contribution in [3.63, 3.8) is 0 Å². The molecule has 2 heterocycles. The van der Waals surface area contributed by atoms with Crippen molar-refractivity contribution in [2.45, 2.75) is 29.2 Å². The zero-order chi connectivity index (χ0) is 17.4. The highest BCUT2D eigenvalue weighted by Crippen LogP contribution is 2.38. The van der Waals surface area contributed by atoms with Gasteiger partial charge in [0.15, 0.2) is 5.65 Å². The first-order valence-corrected chi connectivity index (χ1v) is 8.85. The van der Waals surface area contributed by atoms with Crippen LogP contribution in [0.25, 0.3) is 11.0 Å². The Morgan fingerprint density at radius 1 is 1.32 bits per heavy atom. The summed E-state index contributed by atoms with van der Waals surface area (Å²) in [5.74, 6) is -0.415. The number of nitrogens with one attached hydrogen (secondary N) is 1. The van der Waals surface area contributed by atoms with E-state index in [2.05, 4.69) is 20.4 Å². The number of hydrogen-bond donors (Lipinski definition) is 1. The molecule has 1 aromatic carbocycles. The highest BCUT2D eigenvalue weighted by Gasteiger charge is 2.30. The normalized spacial score (nSPS) is 15.3. The standard InChI is InChI=1S/C17H16FN5OS/c1-23-15-13(8-21-23)17(20-9-19-15)25-14(16(24)22-12-6-7-12)10-2-4-11(18)5-3-10/h2-5,8-9,12,14H,6-7H2,1H3,(H,22,24). The number of rotatable bonds is 5. The Morgan fingerprint density at radius 2 is 2.08 bits per heavy atom. The van der Waals surface area contributed by atoms with Gasteiger partial charge in [-0.2, -0.15) is 5.10 Å². The van der Waals surface area contributed by atoms with Crippen LogP contribution in [0.2, 0.25) is 0 Å². The van der Waals surface area contributed by atoms with E-state index in [1.54, 1.807) is 30.1 Å². The maximum Gasteiger partial charge on any atom is 0.238 e. The van der Waals surface area contributed by atoms with Crippen molar-refractivity contribution in [1.82, 2.24) is 25.1 Å². The van der Waals surface area contributed by atoms with Crippen LogP contribution in [0.15, 0.2) is 41.8 Å². The third-order valence-corrected chi connectivity index (χ3v) is 5.33. The van der Waals surface area contributed by atoms with Gasteiger partial charge in [0.2, 0.25) is 5.91 Å². The quantitative estimate of drug-likeness (QED) is 0.561. The molecule has 0 spiro atoms. The molecule has 128 valence electrons. The third kappa shape index (κ3) is 3.34. The van der Waals surface area contributed by atoms with Crippen LogP contribution in [0.1, 0.15) is 23.7 Å². The van der Waals surface area contributed by atoms with E-state index < -0.39 is 5.25 Å². The number of carbonyl (C=O) groups is 1. The van der Waals surface area contributed by atoms with Gasteiger partial charge >= 0.3 is 0 Å². The topological polar surface area (TPSA) is 72.7 Å². The van der Waals surface area contributed by atoms with Crippen LogP contribution in [0.5, 0.6) is 0 Å². The van der Waals surface area contributed by atoms with Gasteiger partial charge in [0, 0.05) is 13.1 Å². The van der Waals surface area contributed by atoms with Gasteiger partial charge in [0.1, 0.15) is 22.4 Å². The second-order valence-corrected chi connectivity index (χ2v) is 7.11. The fraction of sp³-hybridized carbons (Fsp3) is 0.294. The number of aryl methyl sites for hydroxylation is 1. The number of fused-ring (bicyclic) bond motifs is 1. The fourth-order valence-electron chi connectivity index (χ4n) is 2.56. The van der Waals surface area contributed by atoms with Crippen molar-refractivity contribution in [2.75, 3.05) is 0 Å². The summed E-state index contributed by atoms with van der Waals surface area (Å²) < 4.78 is 14.9. The lowest BCUT2D eigenvalue weighted by atomic mass is 10.1. The van der Waals surface area contributed by atoms with Crippen LogP contribution in [0.4, 0.5) is 4.39 Å². The molecule has 0 aliphatic heterocycles. The molecule has 2 aromatic heterocycles. The van der Waals surface area contributed by atoms with Crippen molar-refractivity contribution in [2.24, 2.45) is 7.05 Å². The van der Waals surface area contributed by atoms with Gasteiger partial charge in [-0.05, 0) is 30.5 Å². The lowest BCUT2D eigenvalue weighted by Gasteiger charge is -2.16. The summed E-state index contributed by atoms with van der Waals surface area (Å²) in [6.45, 7) is 0. The second kappa shape index (κ2) is 6.44. The number of hydrogen-bond acceptors (Lipinski definition) is 5. The van der Waals surface area contributed by atoms with Gasteiger partial charge in [-0.3, -0.25) is 9.48 Å². The zero-order valence-electron chi connectivity index (χ0n) is 13.5. The van der Waals surface area contributed by atoms with Crippen LogP contribution < -0.4 is 5.32 Å². The minimum atomic E-state index is -0.514. The first kappa shape index (κ1) is 16.0. The summed E-state index contributed by atoms with van der Waals surface area (Å²) in [7, 11) is 1.81. The van der Waals surface area contributed by atoms with Crippen molar-refractivity contribution in [3.05, 3.63) is 48.2 Å². The molecule has 1 fully saturated rings. The fourth-order valence-corrected chi connectivity index (χ4v) is 3.63. The minimum absolute atomic E-state index is 0.0882. The molecule has 6 nitrogen and oxygen atoms in total. The largest absolute Gasteiger partial charge is 0.352 e. The van der Waals surface area contributed by atoms with Crippen molar-refractivity contribution in [3.8, 4) is 0 Å². The molecule has 1 N–H and O–H groups in total. The maximum atomic E-state index is 13.3. The molecule has 1 aliphatic rings. The Morgan fingerprint density at radius 3 is 2.80 bits per heavy atom. The minimum Gasteiger partial charge on any atom is -0.352 e. The zero-order valence-corrected chi connectivity index (χ0v) is 14.3. The summed E-state index contributed by atoms with van der Waals surface area (Å²) in [5.41, 5.74) is 1.44. The monoisotopic (exact) mass is 357 g/mol. The van der Waals surface area contributed by atoms with Gasteiger partial charge in [0.05, 0.1) is 11.6 Å². The van der Waals surface area contributed by atoms with Crippen LogP contribution in [-0.2, 0) is 11.8 Å². The van der Waals surface area contributed by atoms with E-state index >= 15 is 0 Å². The van der Waals surface area contributed by atoms with E-state index in [0.29, 0.717) is 10.7 Å². The van der Waals surface area contributed by atoms with E-state index in [-0.39, 0.29) is 17.8 Å². The molecule has 1 amide bonds. The van der Waals surface area contributed by atoms with Crippen LogP contribution in [-0.4, -0.2) is 31.7 Å². The molecule has 0 saturated heterocycles. The van der Waals surface area contributed by atoms with Crippen LogP contribution in [0.3, 0.4) is 0 Å². The van der Waals surface area contributed by atoms with Gasteiger partial charge < -0.3 is 5.32 Å². The average Bonchev–Trinajstić information content (AvgIpc) is 3.34. The van der Waals surface area contributed by atoms with Gasteiger partial charge in [0.25, 0.3) is 0 Å². The molecule has 8 heteroatoms. The summed E-state index contributed by atoms with van der Waals surface area (Å²) in [4.78, 5) is 21.3. The van der Waals surface area contributed by atoms with E-state index in [9.17, 15) is 9.18 Å². The number of nitrogens with zero attached hydrogens (tertiary/aromatic N) is 4. The third-order valence-electron chi connectivity index (χ3n) is 4.06. The summed E-state index contributed by atoms with van der Waals surface area (Å²) in [6.07, 6.45) is 5.17. The number of benzene rings is 1. The molecule has 1 aliphatic carbocycles. The SMILES string of the molecule is Cn1ncc2c(SC(C(=O)NC3CC3)c3ccc(F)cc3)ncnc21. The Bertz CT molecular complexity index is 922. The average molecular weight is 357 g/mol. The van der Waals surface area contributed by atoms with Gasteiger partial charge in [-0.15, -0.1) is 0 Å². The molecule has 0 bridgehead atoms. The molecule has 3 aromatic rings. The van der Waals surface area contributed by atoms with Gasteiger partial charge in [-0.25, -0.2) is 14.4 Å². The van der Waals surface area contributed by atoms with E-state index in [1.807, 2.05) is 0 Å². The highest BCUT2D eigenvalue weighted by molar-refractivity contribution is 8.00. The molecule has 1 unspecified atom stereocenters. The van der Waals surface area contributed by atoms with Crippen molar-refractivity contribution < 1.29 is 9.18 Å². The molecule has 25 heavy (non-hydrogen) atoms. The molecular formula is C17H16FN5OS. The first-order valence-electron chi connectivity index (χ1n) is 7.97. The van der Waals surface area contributed by atoms with Gasteiger partial charge in [-0.1, -0.05) is 23.9 Å². The van der Waals surface area contributed by atoms with Crippen molar-refractivity contribution in [1.29, 1.82) is 0 Å². The molecular weight excluding hydrogens is 341 g/mol. The smallest absolute Gasteiger partial charge is 0.238 e. The Hall–Kier alpha value is -2.48. The Balaban J connectivity index is 1.69. The predicted octanol–water partition coefficient (Wildman–Crippen LogP) is 2.61. The summed E-state index contributed by atoms with van der Waals surface area (Å²) >= 11 is 1.33. The van der Waals surface area contributed by atoms with Crippen LogP contribution >= 0.6 is 11.8 Å². The summed E-state index contributed by atoms with van der Waals surface area (Å²) in [6, 6.07) is 6.27. The lowest BCUT2D eigenvalue weighted by Crippen LogP contribution is -2.29. The number of carbonyl (C=O) groups excluding carboxylic acids is 1. The van der Waals surface area contributed by atoms with E-state index in [0.717, 1.165) is 23.8 Å². The second-order valence-electron chi connectivity index (χ2n) is 6.02. The lowest BCUT2D eigenvalue weighted by molar-refractivity contribution is -0.120. The molecule has 1 atom stereocenters. The van der Waals surface area contributed by atoms with E-state index in [1.165, 1.54) is 30.2 Å². The highest BCUT2D eigenvalue weighted by atomic mass is 32.2. The summed E-state index contributed by atoms with van der Waals surface area (Å²) in [5, 5.41) is 8.18. The number of amides is 1. The number of aromatic nitrogens is 4.